The highest BCUT2D eigenvalue weighted by atomic mass is 35.5. The highest BCUT2D eigenvalue weighted by Gasteiger charge is 2.22. The highest BCUT2D eigenvalue weighted by molar-refractivity contribution is 7.92. The number of nitrogens with one attached hydrogen (secondary N) is 2. The van der Waals surface area contributed by atoms with E-state index in [1.165, 1.54) is 24.8 Å². The molecule has 2 N–H and O–H groups in total. The number of sulfonamides is 1. The van der Waals surface area contributed by atoms with E-state index in [1.807, 2.05) is 6.07 Å². The van der Waals surface area contributed by atoms with Crippen LogP contribution in [-0.4, -0.2) is 77.7 Å². The first-order chi connectivity index (χ1) is 19.8. The molecule has 0 saturated carbocycles. The second-order valence-corrected chi connectivity index (χ2v) is 12.3. The number of aryl methyl sites for hydroxylation is 1. The van der Waals surface area contributed by atoms with Crippen molar-refractivity contribution >= 4 is 60.7 Å². The van der Waals surface area contributed by atoms with Crippen LogP contribution in [0.25, 0.3) is 10.2 Å². The average Bonchev–Trinajstić information content (AvgIpc) is 3.44. The molecular formula is C29H34ClN5O5S2. The first kappa shape index (κ1) is 31.4. The van der Waals surface area contributed by atoms with E-state index in [9.17, 15) is 13.2 Å². The summed E-state index contributed by atoms with van der Waals surface area (Å²) in [7, 11) is -0.705. The van der Waals surface area contributed by atoms with Crippen molar-refractivity contribution in [2.45, 2.75) is 11.8 Å². The molecule has 4 aromatic rings. The summed E-state index contributed by atoms with van der Waals surface area (Å²) in [6.07, 6.45) is 0. The average molecular weight is 632 g/mol. The van der Waals surface area contributed by atoms with Crippen LogP contribution in [0.3, 0.4) is 0 Å². The number of nitrogens with zero attached hydrogens (tertiary/aromatic N) is 3. The van der Waals surface area contributed by atoms with Crippen molar-refractivity contribution in [3.63, 3.8) is 0 Å². The number of halogens is 1. The van der Waals surface area contributed by atoms with Crippen molar-refractivity contribution in [3.05, 3.63) is 71.8 Å². The van der Waals surface area contributed by atoms with E-state index in [2.05, 4.69) is 32.8 Å². The SMILES string of the molecule is COc1ccc(S(=O)(=O)Nc2ccccc2C(=O)NCCN2CCN(c3nc4c(OC)ccc(C)c4s3)CC2)cc1.Cl. The largest absolute Gasteiger partial charge is 0.497 e. The molecule has 42 heavy (non-hydrogen) atoms. The molecule has 0 aliphatic carbocycles. The zero-order valence-electron chi connectivity index (χ0n) is 23.6. The third kappa shape index (κ3) is 6.89. The molecular weight excluding hydrogens is 598 g/mol. The van der Waals surface area contributed by atoms with E-state index in [1.54, 1.807) is 54.8 Å². The lowest BCUT2D eigenvalue weighted by Gasteiger charge is -2.34. The number of fused-ring (bicyclic) bond motifs is 1. The molecule has 1 amide bonds. The van der Waals surface area contributed by atoms with Crippen LogP contribution in [0, 0.1) is 6.92 Å². The maximum absolute atomic E-state index is 13.0. The van der Waals surface area contributed by atoms with Gasteiger partial charge >= 0.3 is 0 Å². The van der Waals surface area contributed by atoms with E-state index in [0.717, 1.165) is 47.3 Å². The van der Waals surface area contributed by atoms with Gasteiger partial charge in [-0.2, -0.15) is 0 Å². The van der Waals surface area contributed by atoms with Crippen molar-refractivity contribution in [3.8, 4) is 11.5 Å². The van der Waals surface area contributed by atoms with E-state index in [0.29, 0.717) is 18.8 Å². The number of anilines is 2. The van der Waals surface area contributed by atoms with Crippen LogP contribution in [0.1, 0.15) is 15.9 Å². The predicted molar refractivity (Wildman–Crippen MR) is 169 cm³/mol. The summed E-state index contributed by atoms with van der Waals surface area (Å²) < 4.78 is 40.1. The van der Waals surface area contributed by atoms with E-state index < -0.39 is 10.0 Å². The summed E-state index contributed by atoms with van der Waals surface area (Å²) in [5.74, 6) is 1.01. The van der Waals surface area contributed by atoms with Gasteiger partial charge in [0.05, 0.1) is 35.1 Å². The molecule has 0 spiro atoms. The molecule has 0 atom stereocenters. The lowest BCUT2D eigenvalue weighted by molar-refractivity contribution is 0.0948. The van der Waals surface area contributed by atoms with Crippen LogP contribution in [0.4, 0.5) is 10.8 Å². The maximum atomic E-state index is 13.0. The van der Waals surface area contributed by atoms with Gasteiger partial charge in [-0.3, -0.25) is 14.4 Å². The number of hydrogen-bond acceptors (Lipinski definition) is 9. The summed E-state index contributed by atoms with van der Waals surface area (Å²) in [6.45, 7) is 6.59. The number of thiazole rings is 1. The van der Waals surface area contributed by atoms with Gasteiger partial charge < -0.3 is 19.7 Å². The number of benzene rings is 3. The fraction of sp³-hybridized carbons (Fsp3) is 0.310. The number of amides is 1. The number of ether oxygens (including phenoxy) is 2. The van der Waals surface area contributed by atoms with Crippen molar-refractivity contribution in [1.29, 1.82) is 0 Å². The number of aromatic nitrogens is 1. The van der Waals surface area contributed by atoms with E-state index in [4.69, 9.17) is 14.5 Å². The molecule has 0 unspecified atom stereocenters. The van der Waals surface area contributed by atoms with Crippen molar-refractivity contribution in [1.82, 2.24) is 15.2 Å². The standard InChI is InChI=1S/C29H33N5O5S2.ClH/c1-20-8-13-25(39-3)26-27(20)40-29(31-26)34-18-16-33(17-19-34)15-14-30-28(35)23-6-4-5-7-24(23)32-41(36,37)22-11-9-21(38-2)10-12-22;/h4-13,32H,14-19H2,1-3H3,(H,30,35);1H. The molecule has 0 bridgehead atoms. The Morgan fingerprint density at radius 1 is 0.976 bits per heavy atom. The Bertz CT molecular complexity index is 1640. The summed E-state index contributed by atoms with van der Waals surface area (Å²) in [5.41, 5.74) is 2.58. The van der Waals surface area contributed by atoms with Crippen molar-refractivity contribution in [2.24, 2.45) is 0 Å². The molecule has 1 saturated heterocycles. The Labute approximate surface area is 256 Å². The van der Waals surface area contributed by atoms with Gasteiger partial charge in [-0.1, -0.05) is 29.5 Å². The smallest absolute Gasteiger partial charge is 0.261 e. The third-order valence-corrected chi connectivity index (χ3v) is 9.69. The number of rotatable bonds is 10. The highest BCUT2D eigenvalue weighted by Crippen LogP contribution is 2.36. The monoisotopic (exact) mass is 631 g/mol. The Balaban J connectivity index is 0.00000405. The number of piperazine rings is 1. The van der Waals surface area contributed by atoms with Crippen LogP contribution in [0.15, 0.2) is 65.6 Å². The topological polar surface area (TPSA) is 113 Å². The number of para-hydroxylation sites is 1. The lowest BCUT2D eigenvalue weighted by Crippen LogP contribution is -2.48. The van der Waals surface area contributed by atoms with Crippen LogP contribution in [-0.2, 0) is 10.0 Å². The zero-order valence-corrected chi connectivity index (χ0v) is 26.1. The summed E-state index contributed by atoms with van der Waals surface area (Å²) >= 11 is 1.69. The van der Waals surface area contributed by atoms with Gasteiger partial charge in [0.25, 0.3) is 15.9 Å². The third-order valence-electron chi connectivity index (χ3n) is 7.05. The summed E-state index contributed by atoms with van der Waals surface area (Å²) in [6, 6.07) is 16.7. The first-order valence-electron chi connectivity index (χ1n) is 13.2. The normalized spacial score (nSPS) is 13.8. The molecule has 13 heteroatoms. The Morgan fingerprint density at radius 3 is 2.38 bits per heavy atom. The number of hydrogen-bond donors (Lipinski definition) is 2. The number of methoxy groups -OCH3 is 2. The lowest BCUT2D eigenvalue weighted by atomic mass is 10.1. The minimum absolute atomic E-state index is 0. The first-order valence-corrected chi connectivity index (χ1v) is 15.5. The van der Waals surface area contributed by atoms with Gasteiger partial charge in [0.1, 0.15) is 17.0 Å². The number of carbonyl (C=O) groups is 1. The van der Waals surface area contributed by atoms with Crippen LogP contribution in [0.2, 0.25) is 0 Å². The maximum Gasteiger partial charge on any atom is 0.261 e. The molecule has 3 aromatic carbocycles. The number of carbonyl (C=O) groups excluding carboxylic acids is 1. The van der Waals surface area contributed by atoms with Crippen LogP contribution >= 0.6 is 23.7 Å². The van der Waals surface area contributed by atoms with Gasteiger partial charge in [-0.15, -0.1) is 12.4 Å². The van der Waals surface area contributed by atoms with E-state index in [-0.39, 0.29) is 34.5 Å². The quantitative estimate of drug-likeness (QED) is 0.265. The zero-order chi connectivity index (χ0) is 29.0. The fourth-order valence-electron chi connectivity index (χ4n) is 4.71. The molecule has 5 rings (SSSR count). The van der Waals surface area contributed by atoms with Gasteiger partial charge in [-0.05, 0) is 55.0 Å². The predicted octanol–water partition coefficient (Wildman–Crippen LogP) is 4.40. The summed E-state index contributed by atoms with van der Waals surface area (Å²) in [4.78, 5) is 22.5. The van der Waals surface area contributed by atoms with Gasteiger partial charge in [0.15, 0.2) is 5.13 Å². The summed E-state index contributed by atoms with van der Waals surface area (Å²) in [5, 5.41) is 3.93. The molecule has 0 radical (unpaired) electrons. The van der Waals surface area contributed by atoms with Gasteiger partial charge in [-0.25, -0.2) is 13.4 Å². The van der Waals surface area contributed by atoms with Gasteiger partial charge in [0, 0.05) is 39.3 Å². The molecule has 10 nitrogen and oxygen atoms in total. The fourth-order valence-corrected chi connectivity index (χ4v) is 6.90. The molecule has 224 valence electrons. The molecule has 1 aromatic heterocycles. The van der Waals surface area contributed by atoms with Gasteiger partial charge in [0.2, 0.25) is 0 Å². The van der Waals surface area contributed by atoms with Crippen molar-refractivity contribution < 1.29 is 22.7 Å². The molecule has 1 aliphatic heterocycles. The second-order valence-electron chi connectivity index (χ2n) is 9.67. The van der Waals surface area contributed by atoms with E-state index >= 15 is 0 Å². The van der Waals surface area contributed by atoms with Crippen LogP contribution in [0.5, 0.6) is 11.5 Å². The Hall–Kier alpha value is -3.58. The molecule has 1 fully saturated rings. The molecule has 2 heterocycles. The minimum Gasteiger partial charge on any atom is -0.497 e. The van der Waals surface area contributed by atoms with Crippen LogP contribution < -0.4 is 24.4 Å². The van der Waals surface area contributed by atoms with Crippen molar-refractivity contribution in [2.75, 3.05) is 63.1 Å². The Morgan fingerprint density at radius 2 is 1.69 bits per heavy atom. The second kappa shape index (κ2) is 13.6. The molecule has 1 aliphatic rings. The minimum atomic E-state index is -3.89. The Kier molecular flexibility index (Phi) is 10.2.